The van der Waals surface area contributed by atoms with Gasteiger partial charge in [-0.15, -0.1) is 11.3 Å². The summed E-state index contributed by atoms with van der Waals surface area (Å²) in [4.78, 5) is 21.5. The first-order valence-corrected chi connectivity index (χ1v) is 8.51. The van der Waals surface area contributed by atoms with Crippen molar-refractivity contribution in [3.05, 3.63) is 27.9 Å². The monoisotopic (exact) mass is 383 g/mol. The van der Waals surface area contributed by atoms with Gasteiger partial charge in [0.2, 0.25) is 0 Å². The zero-order valence-corrected chi connectivity index (χ0v) is 15.3. The van der Waals surface area contributed by atoms with E-state index in [9.17, 15) is 4.79 Å². The molecular formula is C15H18BrN3O2S. The zero-order valence-electron chi connectivity index (χ0n) is 12.9. The number of halogens is 1. The first-order valence-electron chi connectivity index (χ1n) is 6.90. The minimum Gasteiger partial charge on any atom is -0.444 e. The zero-order chi connectivity index (χ0) is 16.3. The molecule has 2 heterocycles. The van der Waals surface area contributed by atoms with Crippen molar-refractivity contribution in [2.45, 2.75) is 39.7 Å². The number of rotatable bonds is 3. The number of amides is 1. The molecule has 0 aliphatic heterocycles. The third-order valence-corrected chi connectivity index (χ3v) is 4.25. The van der Waals surface area contributed by atoms with Crippen molar-refractivity contribution in [2.75, 3.05) is 5.32 Å². The third-order valence-electron chi connectivity index (χ3n) is 2.59. The van der Waals surface area contributed by atoms with Crippen LogP contribution in [-0.2, 0) is 11.2 Å². The average Bonchev–Trinajstić information content (AvgIpc) is 2.77. The van der Waals surface area contributed by atoms with Crippen LogP contribution in [0, 0.1) is 0 Å². The second-order valence-corrected chi connectivity index (χ2v) is 8.06. The molecule has 1 N–H and O–H groups in total. The van der Waals surface area contributed by atoms with Gasteiger partial charge in [0.25, 0.3) is 0 Å². The van der Waals surface area contributed by atoms with Crippen LogP contribution in [0.5, 0.6) is 0 Å². The van der Waals surface area contributed by atoms with Crippen LogP contribution in [0.2, 0.25) is 0 Å². The lowest BCUT2D eigenvalue weighted by atomic mass is 10.2. The Balaban J connectivity index is 2.28. The SMILES string of the molecule is CCc1nccc(-c2sc(Br)cc2NC(=O)OC(C)(C)C)n1. The summed E-state index contributed by atoms with van der Waals surface area (Å²) in [7, 11) is 0. The lowest BCUT2D eigenvalue weighted by molar-refractivity contribution is 0.0636. The maximum atomic E-state index is 12.0. The van der Waals surface area contributed by atoms with Crippen LogP contribution in [0.4, 0.5) is 10.5 Å². The molecule has 22 heavy (non-hydrogen) atoms. The molecule has 0 aliphatic carbocycles. The molecular weight excluding hydrogens is 366 g/mol. The van der Waals surface area contributed by atoms with Crippen molar-refractivity contribution in [1.29, 1.82) is 0 Å². The molecule has 1 amide bonds. The summed E-state index contributed by atoms with van der Waals surface area (Å²) in [5, 5.41) is 2.78. The Morgan fingerprint density at radius 1 is 1.45 bits per heavy atom. The molecule has 118 valence electrons. The summed E-state index contributed by atoms with van der Waals surface area (Å²) >= 11 is 4.95. The van der Waals surface area contributed by atoms with Gasteiger partial charge in [-0.05, 0) is 48.8 Å². The summed E-state index contributed by atoms with van der Waals surface area (Å²) in [6.07, 6.45) is 2.00. The van der Waals surface area contributed by atoms with Crippen LogP contribution >= 0.6 is 27.3 Å². The largest absolute Gasteiger partial charge is 0.444 e. The van der Waals surface area contributed by atoms with Gasteiger partial charge in [0.15, 0.2) is 0 Å². The van der Waals surface area contributed by atoms with E-state index >= 15 is 0 Å². The van der Waals surface area contributed by atoms with Crippen LogP contribution in [0.1, 0.15) is 33.5 Å². The van der Waals surface area contributed by atoms with Gasteiger partial charge < -0.3 is 4.74 Å². The van der Waals surface area contributed by atoms with Crippen LogP contribution in [0.15, 0.2) is 22.1 Å². The van der Waals surface area contributed by atoms with Gasteiger partial charge in [0, 0.05) is 12.6 Å². The van der Waals surface area contributed by atoms with Gasteiger partial charge in [-0.2, -0.15) is 0 Å². The van der Waals surface area contributed by atoms with E-state index in [-0.39, 0.29) is 0 Å². The Labute approximate surface area is 142 Å². The molecule has 0 spiro atoms. The maximum Gasteiger partial charge on any atom is 0.412 e. The quantitative estimate of drug-likeness (QED) is 0.820. The van der Waals surface area contributed by atoms with Gasteiger partial charge in [0.1, 0.15) is 11.4 Å². The number of aromatic nitrogens is 2. The molecule has 7 heteroatoms. The minimum atomic E-state index is -0.540. The predicted octanol–water partition coefficient (Wildman–Crippen LogP) is 4.88. The normalized spacial score (nSPS) is 11.3. The standard InChI is InChI=1S/C15H18BrN3O2S/c1-5-12-17-7-6-9(18-12)13-10(8-11(16)22-13)19-14(20)21-15(2,3)4/h6-8H,5H2,1-4H3,(H,19,20). The minimum absolute atomic E-state index is 0.483. The number of ether oxygens (including phenoxy) is 1. The third kappa shape index (κ3) is 4.51. The topological polar surface area (TPSA) is 64.1 Å². The van der Waals surface area contributed by atoms with Gasteiger partial charge in [-0.25, -0.2) is 14.8 Å². The van der Waals surface area contributed by atoms with E-state index in [4.69, 9.17) is 4.74 Å². The number of hydrogen-bond acceptors (Lipinski definition) is 5. The number of aryl methyl sites for hydroxylation is 1. The van der Waals surface area contributed by atoms with E-state index in [2.05, 4.69) is 31.2 Å². The van der Waals surface area contributed by atoms with Crippen LogP contribution < -0.4 is 5.32 Å². The van der Waals surface area contributed by atoms with Crippen LogP contribution in [0.3, 0.4) is 0 Å². The van der Waals surface area contributed by atoms with Crippen molar-refractivity contribution in [3.63, 3.8) is 0 Å². The Morgan fingerprint density at radius 2 is 2.18 bits per heavy atom. The van der Waals surface area contributed by atoms with Gasteiger partial charge in [-0.3, -0.25) is 5.32 Å². The molecule has 5 nitrogen and oxygen atoms in total. The molecule has 2 aromatic heterocycles. The highest BCUT2D eigenvalue weighted by atomic mass is 79.9. The molecule has 2 aromatic rings. The average molecular weight is 384 g/mol. The summed E-state index contributed by atoms with van der Waals surface area (Å²) in [5.74, 6) is 0.769. The number of carbonyl (C=O) groups is 1. The Bertz CT molecular complexity index is 680. The summed E-state index contributed by atoms with van der Waals surface area (Å²) < 4.78 is 6.20. The van der Waals surface area contributed by atoms with E-state index in [1.807, 2.05) is 39.8 Å². The first-order chi connectivity index (χ1) is 10.3. The molecule has 2 rings (SSSR count). The molecule has 0 aromatic carbocycles. The van der Waals surface area contributed by atoms with Crippen molar-refractivity contribution in [3.8, 4) is 10.6 Å². The highest BCUT2D eigenvalue weighted by Gasteiger charge is 2.19. The number of anilines is 1. The van der Waals surface area contributed by atoms with E-state index in [0.717, 1.165) is 26.6 Å². The number of hydrogen-bond donors (Lipinski definition) is 1. The first kappa shape index (κ1) is 16.9. The van der Waals surface area contributed by atoms with Crippen molar-refractivity contribution in [2.24, 2.45) is 0 Å². The van der Waals surface area contributed by atoms with Crippen molar-refractivity contribution < 1.29 is 9.53 Å². The number of thiophene rings is 1. The molecule has 0 aliphatic rings. The van der Waals surface area contributed by atoms with E-state index < -0.39 is 11.7 Å². The molecule has 0 bridgehead atoms. The van der Waals surface area contributed by atoms with Crippen LogP contribution in [-0.4, -0.2) is 21.7 Å². The fraction of sp³-hybridized carbons (Fsp3) is 0.400. The second-order valence-electron chi connectivity index (χ2n) is 5.63. The van der Waals surface area contributed by atoms with Crippen molar-refractivity contribution >= 4 is 39.0 Å². The van der Waals surface area contributed by atoms with E-state index in [1.165, 1.54) is 11.3 Å². The molecule has 0 saturated heterocycles. The molecule has 0 unspecified atom stereocenters. The fourth-order valence-corrected chi connectivity index (χ4v) is 3.28. The highest BCUT2D eigenvalue weighted by Crippen LogP contribution is 2.38. The summed E-state index contributed by atoms with van der Waals surface area (Å²) in [6.45, 7) is 7.49. The fourth-order valence-electron chi connectivity index (χ4n) is 1.75. The Hall–Kier alpha value is -1.47. The van der Waals surface area contributed by atoms with Gasteiger partial charge in [-0.1, -0.05) is 6.92 Å². The number of nitrogens with one attached hydrogen (secondary N) is 1. The molecule has 0 atom stereocenters. The predicted molar refractivity (Wildman–Crippen MR) is 92.3 cm³/mol. The Morgan fingerprint density at radius 3 is 2.82 bits per heavy atom. The molecule has 0 fully saturated rings. The lowest BCUT2D eigenvalue weighted by Gasteiger charge is -2.19. The number of carbonyl (C=O) groups excluding carboxylic acids is 1. The van der Waals surface area contributed by atoms with Crippen molar-refractivity contribution in [1.82, 2.24) is 9.97 Å². The number of nitrogens with zero attached hydrogens (tertiary/aromatic N) is 2. The smallest absolute Gasteiger partial charge is 0.412 e. The Kier molecular flexibility index (Phi) is 5.18. The highest BCUT2D eigenvalue weighted by molar-refractivity contribution is 9.11. The van der Waals surface area contributed by atoms with E-state index in [1.54, 1.807) is 6.20 Å². The van der Waals surface area contributed by atoms with Gasteiger partial charge in [0.05, 0.1) is 20.0 Å². The van der Waals surface area contributed by atoms with E-state index in [0.29, 0.717) is 5.69 Å². The van der Waals surface area contributed by atoms with Gasteiger partial charge >= 0.3 is 6.09 Å². The second kappa shape index (κ2) is 6.75. The maximum absolute atomic E-state index is 12.0. The molecule has 0 radical (unpaired) electrons. The summed E-state index contributed by atoms with van der Waals surface area (Å²) in [5.41, 5.74) is 0.919. The summed E-state index contributed by atoms with van der Waals surface area (Å²) in [6, 6.07) is 3.68. The lowest BCUT2D eigenvalue weighted by Crippen LogP contribution is -2.27. The van der Waals surface area contributed by atoms with Crippen LogP contribution in [0.25, 0.3) is 10.6 Å². The molecule has 0 saturated carbocycles.